The van der Waals surface area contributed by atoms with E-state index in [9.17, 15) is 4.79 Å². The van der Waals surface area contributed by atoms with E-state index in [-0.39, 0.29) is 11.5 Å². The maximum atomic E-state index is 12.9. The first-order valence-corrected chi connectivity index (χ1v) is 11.8. The summed E-state index contributed by atoms with van der Waals surface area (Å²) < 4.78 is 11.8. The summed E-state index contributed by atoms with van der Waals surface area (Å²) in [5, 5.41) is 0.622. The number of anilines is 1. The van der Waals surface area contributed by atoms with E-state index in [1.54, 1.807) is 4.90 Å². The number of carbonyl (C=O) groups is 1. The highest BCUT2D eigenvalue weighted by molar-refractivity contribution is 6.30. The van der Waals surface area contributed by atoms with Crippen molar-refractivity contribution in [1.82, 2.24) is 4.98 Å². The van der Waals surface area contributed by atoms with Gasteiger partial charge in [-0.2, -0.15) is 0 Å². The van der Waals surface area contributed by atoms with E-state index in [4.69, 9.17) is 26.1 Å². The fraction of sp³-hybridized carbons (Fsp3) is 0.357. The van der Waals surface area contributed by atoms with Crippen LogP contribution in [0.5, 0.6) is 5.75 Å². The van der Waals surface area contributed by atoms with Gasteiger partial charge < -0.3 is 9.47 Å². The number of aromatic nitrogens is 1. The van der Waals surface area contributed by atoms with Crippen molar-refractivity contribution >= 4 is 23.4 Å². The van der Waals surface area contributed by atoms with Crippen LogP contribution >= 0.6 is 11.6 Å². The molecule has 3 aromatic rings. The first kappa shape index (κ1) is 24.1. The van der Waals surface area contributed by atoms with Gasteiger partial charge in [0.1, 0.15) is 18.0 Å². The lowest BCUT2D eigenvalue weighted by atomic mass is 9.91. The van der Waals surface area contributed by atoms with Gasteiger partial charge in [0.05, 0.1) is 11.4 Å². The van der Waals surface area contributed by atoms with Gasteiger partial charge in [-0.05, 0) is 55.7 Å². The summed E-state index contributed by atoms with van der Waals surface area (Å²) >= 11 is 6.27. The molecule has 0 N–H and O–H groups in total. The smallest absolute Gasteiger partial charge is 0.414 e. The molecule has 6 heteroatoms. The zero-order chi connectivity index (χ0) is 24.5. The second kappa shape index (κ2) is 9.30. The largest absolute Gasteiger partial charge is 0.489 e. The maximum Gasteiger partial charge on any atom is 0.414 e. The van der Waals surface area contributed by atoms with Gasteiger partial charge in [0.25, 0.3) is 0 Å². The molecular weight excluding hydrogens is 448 g/mol. The molecule has 0 spiro atoms. The summed E-state index contributed by atoms with van der Waals surface area (Å²) in [7, 11) is 0. The maximum absolute atomic E-state index is 12.9. The van der Waals surface area contributed by atoms with Crippen LogP contribution in [0.1, 0.15) is 57.0 Å². The standard InChI is InChI=1S/C28H31ClN2O3/c1-27(2,3)34-26(32)31-18-28(4,5)25-23(31)14-20(16-30-25)13-21-11-12-22(29)15-24(21)33-17-19-9-7-6-8-10-19/h6-12,14-16H,13,17-18H2,1-5H3. The summed E-state index contributed by atoms with van der Waals surface area (Å²) in [5.41, 5.74) is 3.96. The van der Waals surface area contributed by atoms with Gasteiger partial charge in [0, 0.05) is 29.6 Å². The van der Waals surface area contributed by atoms with E-state index >= 15 is 0 Å². The van der Waals surface area contributed by atoms with E-state index in [0.717, 1.165) is 33.8 Å². The van der Waals surface area contributed by atoms with Crippen molar-refractivity contribution in [3.8, 4) is 5.75 Å². The van der Waals surface area contributed by atoms with Gasteiger partial charge in [-0.3, -0.25) is 9.88 Å². The fourth-order valence-electron chi connectivity index (χ4n) is 4.12. The molecule has 0 aliphatic carbocycles. The SMILES string of the molecule is CC(C)(C)OC(=O)N1CC(C)(C)c2ncc(Cc3ccc(Cl)cc3OCc3ccccc3)cc21. The van der Waals surface area contributed by atoms with E-state index in [2.05, 4.69) is 13.8 Å². The second-order valence-corrected chi connectivity index (χ2v) is 10.8. The highest BCUT2D eigenvalue weighted by Gasteiger charge is 2.41. The van der Waals surface area contributed by atoms with Gasteiger partial charge in [-0.25, -0.2) is 4.79 Å². The van der Waals surface area contributed by atoms with Gasteiger partial charge in [-0.1, -0.05) is 61.8 Å². The summed E-state index contributed by atoms with van der Waals surface area (Å²) in [4.78, 5) is 19.4. The molecule has 34 heavy (non-hydrogen) atoms. The molecule has 2 aromatic carbocycles. The van der Waals surface area contributed by atoms with Gasteiger partial charge in [0.2, 0.25) is 0 Å². The minimum absolute atomic E-state index is 0.255. The first-order chi connectivity index (χ1) is 16.0. The Bertz CT molecular complexity index is 1190. The quantitative estimate of drug-likeness (QED) is 0.398. The summed E-state index contributed by atoms with van der Waals surface area (Å²) in [6.45, 7) is 10.8. The predicted molar refractivity (Wildman–Crippen MR) is 136 cm³/mol. The normalized spacial score (nSPS) is 14.6. The molecule has 0 saturated heterocycles. The first-order valence-electron chi connectivity index (χ1n) is 11.5. The van der Waals surface area contributed by atoms with Gasteiger partial charge in [-0.15, -0.1) is 0 Å². The third kappa shape index (κ3) is 5.53. The summed E-state index contributed by atoms with van der Waals surface area (Å²) in [5.74, 6) is 0.737. The molecule has 0 bridgehead atoms. The zero-order valence-electron chi connectivity index (χ0n) is 20.4. The van der Waals surface area contributed by atoms with Crippen LogP contribution in [-0.4, -0.2) is 23.2 Å². The highest BCUT2D eigenvalue weighted by atomic mass is 35.5. The number of ether oxygens (including phenoxy) is 2. The van der Waals surface area contributed by atoms with Crippen molar-refractivity contribution in [2.75, 3.05) is 11.4 Å². The van der Waals surface area contributed by atoms with E-state index in [1.165, 1.54) is 0 Å². The molecule has 0 atom stereocenters. The Morgan fingerprint density at radius 3 is 2.53 bits per heavy atom. The monoisotopic (exact) mass is 478 g/mol. The molecule has 1 aliphatic rings. The minimum atomic E-state index is -0.566. The summed E-state index contributed by atoms with van der Waals surface area (Å²) in [6, 6.07) is 17.7. The zero-order valence-corrected chi connectivity index (χ0v) is 21.1. The van der Waals surface area contributed by atoms with Crippen molar-refractivity contribution in [1.29, 1.82) is 0 Å². The molecule has 4 rings (SSSR count). The lowest BCUT2D eigenvalue weighted by Gasteiger charge is -2.25. The molecule has 0 fully saturated rings. The third-order valence-electron chi connectivity index (χ3n) is 5.68. The van der Waals surface area contributed by atoms with Gasteiger partial charge >= 0.3 is 6.09 Å². The number of halogens is 1. The molecule has 2 heterocycles. The number of carbonyl (C=O) groups excluding carboxylic acids is 1. The predicted octanol–water partition coefficient (Wildman–Crippen LogP) is 6.94. The number of nitrogens with zero attached hydrogens (tertiary/aromatic N) is 2. The van der Waals surface area contributed by atoms with E-state index in [0.29, 0.717) is 24.6 Å². The van der Waals surface area contributed by atoms with Crippen LogP contribution in [0.2, 0.25) is 5.02 Å². The fourth-order valence-corrected chi connectivity index (χ4v) is 4.28. The van der Waals surface area contributed by atoms with Crippen molar-refractivity contribution in [3.05, 3.63) is 88.2 Å². The number of pyridine rings is 1. The molecule has 1 aliphatic heterocycles. The lowest BCUT2D eigenvalue weighted by molar-refractivity contribution is 0.0579. The third-order valence-corrected chi connectivity index (χ3v) is 5.92. The molecular formula is C28H31ClN2O3. The Labute approximate surface area is 206 Å². The van der Waals surface area contributed by atoms with Gasteiger partial charge in [0.15, 0.2) is 0 Å². The average molecular weight is 479 g/mol. The molecule has 0 radical (unpaired) electrons. The molecule has 1 aromatic heterocycles. The molecule has 1 amide bonds. The Morgan fingerprint density at radius 2 is 1.82 bits per heavy atom. The molecule has 5 nitrogen and oxygen atoms in total. The summed E-state index contributed by atoms with van der Waals surface area (Å²) in [6.07, 6.45) is 2.13. The highest BCUT2D eigenvalue weighted by Crippen LogP contribution is 2.40. The van der Waals surface area contributed by atoms with Crippen molar-refractivity contribution in [2.24, 2.45) is 0 Å². The van der Waals surface area contributed by atoms with Crippen molar-refractivity contribution in [3.63, 3.8) is 0 Å². The van der Waals surface area contributed by atoms with Crippen LogP contribution in [0.25, 0.3) is 0 Å². The Hall–Kier alpha value is -3.05. The number of benzene rings is 2. The lowest BCUT2D eigenvalue weighted by Crippen LogP contribution is -2.38. The van der Waals surface area contributed by atoms with E-state index in [1.807, 2.05) is 81.6 Å². The average Bonchev–Trinajstić information content (AvgIpc) is 3.04. The number of fused-ring (bicyclic) bond motifs is 1. The number of hydrogen-bond donors (Lipinski definition) is 0. The van der Waals surface area contributed by atoms with Crippen LogP contribution in [0.3, 0.4) is 0 Å². The van der Waals surface area contributed by atoms with Crippen LogP contribution in [0.15, 0.2) is 60.8 Å². The Morgan fingerprint density at radius 1 is 1.09 bits per heavy atom. The molecule has 0 saturated carbocycles. The molecule has 0 unspecified atom stereocenters. The van der Waals surface area contributed by atoms with Crippen LogP contribution in [0, 0.1) is 0 Å². The van der Waals surface area contributed by atoms with Crippen LogP contribution < -0.4 is 9.64 Å². The van der Waals surface area contributed by atoms with E-state index < -0.39 is 5.60 Å². The van der Waals surface area contributed by atoms with Crippen LogP contribution in [-0.2, 0) is 23.2 Å². The van der Waals surface area contributed by atoms with Crippen LogP contribution in [0.4, 0.5) is 10.5 Å². The number of hydrogen-bond acceptors (Lipinski definition) is 4. The van der Waals surface area contributed by atoms with Crippen molar-refractivity contribution < 1.29 is 14.3 Å². The minimum Gasteiger partial charge on any atom is -0.489 e. The Balaban J connectivity index is 1.60. The topological polar surface area (TPSA) is 51.7 Å². The van der Waals surface area contributed by atoms with Crippen molar-refractivity contribution in [2.45, 2.75) is 58.7 Å². The number of rotatable bonds is 5. The second-order valence-electron chi connectivity index (χ2n) is 10.4. The Kier molecular flexibility index (Phi) is 6.59. The number of amides is 1. The molecule has 178 valence electrons.